The van der Waals surface area contributed by atoms with Crippen LogP contribution in [-0.4, -0.2) is 0 Å². The molecule has 0 bridgehead atoms. The van der Waals surface area contributed by atoms with Crippen LogP contribution < -0.4 is 34.2 Å². The summed E-state index contributed by atoms with van der Waals surface area (Å²) in [7, 11) is 0. The Morgan fingerprint density at radius 1 is 0.600 bits per heavy atom. The summed E-state index contributed by atoms with van der Waals surface area (Å²) < 4.78 is 0. The second-order valence-electron chi connectivity index (χ2n) is 0. The second-order valence-corrected chi connectivity index (χ2v) is 0. The normalized spacial score (nSPS) is 0. The number of hydrogen-bond acceptors (Lipinski definition) is 0. The van der Waals surface area contributed by atoms with Crippen LogP contribution in [0.15, 0.2) is 0 Å². The molecule has 0 nitrogen and oxygen atoms in total. The topological polar surface area (TPSA) is 0 Å². The Kier molecular flexibility index (Phi) is 1190. The molecule has 0 aromatic heterocycles. The third kappa shape index (κ3) is 33.9. The van der Waals surface area contributed by atoms with Crippen molar-refractivity contribution in [3.63, 3.8) is 0 Å². The molecule has 0 aromatic rings. The fraction of sp³-hybridized carbons (Fsp3) is 0. The first-order valence-corrected chi connectivity index (χ1v) is 0. The van der Waals surface area contributed by atoms with Crippen molar-refractivity contribution in [2.45, 2.75) is 0 Å². The van der Waals surface area contributed by atoms with E-state index < -0.39 is 0 Å². The summed E-state index contributed by atoms with van der Waals surface area (Å²) in [6.07, 6.45) is 0. The molecule has 0 fully saturated rings. The van der Waals surface area contributed by atoms with Gasteiger partial charge < -0.3 is 34.2 Å². The molecular weight excluding hydrogens is 287 g/mol. The zero-order valence-electron chi connectivity index (χ0n) is 2.01. The summed E-state index contributed by atoms with van der Waals surface area (Å²) in [5.41, 5.74) is 0. The standard InChI is InChI=1S/2ClH.2FH.Hf/h4*1H;/q;;;;+4/p-4. The van der Waals surface area contributed by atoms with Crippen molar-refractivity contribution >= 4 is 0 Å². The van der Waals surface area contributed by atoms with Crippen LogP contribution in [0.1, 0.15) is 0 Å². The number of hydrogen-bond donors (Lipinski definition) is 0. The van der Waals surface area contributed by atoms with E-state index in [1.54, 1.807) is 0 Å². The van der Waals surface area contributed by atoms with Crippen molar-refractivity contribution < 1.29 is 60.1 Å². The van der Waals surface area contributed by atoms with Crippen LogP contribution in [0.4, 0.5) is 0 Å². The molecule has 0 amide bonds. The average molecular weight is 287 g/mol. The monoisotopic (exact) mass is 288 g/mol. The summed E-state index contributed by atoms with van der Waals surface area (Å²) in [4.78, 5) is 0. The minimum absolute atomic E-state index is 0. The Hall–Kier alpha value is 1.31. The van der Waals surface area contributed by atoms with Gasteiger partial charge >= 0.3 is 25.8 Å². The van der Waals surface area contributed by atoms with Crippen LogP contribution in [-0.2, 0) is 25.8 Å². The first-order valence-electron chi connectivity index (χ1n) is 0. The molecule has 5 heavy (non-hydrogen) atoms. The van der Waals surface area contributed by atoms with Crippen molar-refractivity contribution in [3.8, 4) is 0 Å². The zero-order chi connectivity index (χ0) is 0. The smallest absolute Gasteiger partial charge is 1.00 e. The molecule has 0 rings (SSSR count). The Morgan fingerprint density at radius 2 is 0.600 bits per heavy atom. The Balaban J connectivity index is 0. The SMILES string of the molecule is [Cl-].[Cl-].[F-].[F-].[Hf+4]. The van der Waals surface area contributed by atoms with Crippen LogP contribution in [0.25, 0.3) is 0 Å². The van der Waals surface area contributed by atoms with Gasteiger partial charge in [-0.1, -0.05) is 0 Å². The van der Waals surface area contributed by atoms with Gasteiger partial charge in [-0.05, 0) is 0 Å². The molecule has 0 aromatic carbocycles. The molecule has 0 radical (unpaired) electrons. The van der Waals surface area contributed by atoms with Crippen LogP contribution in [0, 0.1) is 0 Å². The molecular formula is Cl2F2Hf. The van der Waals surface area contributed by atoms with E-state index in [0.29, 0.717) is 0 Å². The maximum atomic E-state index is 0. The molecule has 0 N–H and O–H groups in total. The summed E-state index contributed by atoms with van der Waals surface area (Å²) >= 11 is 0. The number of halogens is 4. The molecule has 5 heteroatoms. The molecule has 0 unspecified atom stereocenters. The molecule has 0 aliphatic rings. The van der Waals surface area contributed by atoms with E-state index in [9.17, 15) is 0 Å². The number of rotatable bonds is 0. The molecule has 0 aliphatic heterocycles. The van der Waals surface area contributed by atoms with E-state index in [4.69, 9.17) is 0 Å². The summed E-state index contributed by atoms with van der Waals surface area (Å²) in [5, 5.41) is 0. The first-order chi connectivity index (χ1) is 0. The van der Waals surface area contributed by atoms with Crippen molar-refractivity contribution in [1.29, 1.82) is 0 Å². The van der Waals surface area contributed by atoms with Crippen molar-refractivity contribution in [2.24, 2.45) is 0 Å². The predicted octanol–water partition coefficient (Wildman–Crippen LogP) is -12.0. The maximum Gasteiger partial charge on any atom is 4.00 e. The van der Waals surface area contributed by atoms with Crippen LogP contribution in [0.3, 0.4) is 0 Å². The third-order valence-corrected chi connectivity index (χ3v) is 0. The summed E-state index contributed by atoms with van der Waals surface area (Å²) in [6, 6.07) is 0. The van der Waals surface area contributed by atoms with Gasteiger partial charge in [0.25, 0.3) is 0 Å². The molecule has 0 spiro atoms. The second kappa shape index (κ2) is 57.5. The van der Waals surface area contributed by atoms with Gasteiger partial charge in [0.15, 0.2) is 0 Å². The van der Waals surface area contributed by atoms with Gasteiger partial charge in [0.2, 0.25) is 0 Å². The molecule has 0 aliphatic carbocycles. The fourth-order valence-electron chi connectivity index (χ4n) is 0. The Labute approximate surface area is 60.0 Å². The van der Waals surface area contributed by atoms with E-state index in [2.05, 4.69) is 0 Å². The molecule has 0 atom stereocenters. The zero-order valence-corrected chi connectivity index (χ0v) is 7.12. The predicted molar refractivity (Wildman–Crippen MR) is 0 cm³/mol. The van der Waals surface area contributed by atoms with Gasteiger partial charge in [-0.2, -0.15) is 0 Å². The van der Waals surface area contributed by atoms with Crippen molar-refractivity contribution in [3.05, 3.63) is 0 Å². The van der Waals surface area contributed by atoms with E-state index in [1.807, 2.05) is 0 Å². The maximum absolute atomic E-state index is 0. The van der Waals surface area contributed by atoms with Gasteiger partial charge in [-0.3, -0.25) is 0 Å². The van der Waals surface area contributed by atoms with Gasteiger partial charge in [0, 0.05) is 0 Å². The van der Waals surface area contributed by atoms with Crippen LogP contribution in [0.5, 0.6) is 0 Å². The quantitative estimate of drug-likeness (QED) is 0.388. The van der Waals surface area contributed by atoms with Gasteiger partial charge in [0.1, 0.15) is 0 Å². The molecule has 0 saturated heterocycles. The average Bonchev–Trinajstić information content (AvgIpc) is 0. The minimum Gasteiger partial charge on any atom is -1.00 e. The molecule has 32 valence electrons. The Bertz CT molecular complexity index is 7.61. The van der Waals surface area contributed by atoms with Gasteiger partial charge in [0.05, 0.1) is 0 Å². The summed E-state index contributed by atoms with van der Waals surface area (Å²) in [6.45, 7) is 0. The molecule has 0 saturated carbocycles. The van der Waals surface area contributed by atoms with Gasteiger partial charge in [-0.25, -0.2) is 0 Å². The van der Waals surface area contributed by atoms with E-state index in [-0.39, 0.29) is 60.1 Å². The minimum atomic E-state index is 0. The van der Waals surface area contributed by atoms with E-state index >= 15 is 0 Å². The third-order valence-electron chi connectivity index (χ3n) is 0. The largest absolute Gasteiger partial charge is 4.00 e. The van der Waals surface area contributed by atoms with Crippen molar-refractivity contribution in [2.75, 3.05) is 0 Å². The van der Waals surface area contributed by atoms with Crippen LogP contribution >= 0.6 is 0 Å². The first kappa shape index (κ1) is 104. The Morgan fingerprint density at radius 3 is 0.600 bits per heavy atom. The van der Waals surface area contributed by atoms with E-state index in [1.165, 1.54) is 0 Å². The van der Waals surface area contributed by atoms with Crippen LogP contribution in [0.2, 0.25) is 0 Å². The molecule has 0 heterocycles. The van der Waals surface area contributed by atoms with E-state index in [0.717, 1.165) is 0 Å². The van der Waals surface area contributed by atoms with Gasteiger partial charge in [-0.15, -0.1) is 0 Å². The fourth-order valence-corrected chi connectivity index (χ4v) is 0. The summed E-state index contributed by atoms with van der Waals surface area (Å²) in [5.74, 6) is 0. The van der Waals surface area contributed by atoms with Crippen molar-refractivity contribution in [1.82, 2.24) is 0 Å².